The van der Waals surface area contributed by atoms with Crippen molar-refractivity contribution in [2.45, 2.75) is 25.5 Å². The molecule has 1 fully saturated rings. The zero-order valence-electron chi connectivity index (χ0n) is 5.02. The summed E-state index contributed by atoms with van der Waals surface area (Å²) in [6, 6.07) is 0. The van der Waals surface area contributed by atoms with Crippen molar-refractivity contribution < 1.29 is 13.7 Å². The second-order valence-corrected chi connectivity index (χ2v) is 2.08. The van der Waals surface area contributed by atoms with Gasteiger partial charge in [-0.05, 0) is 19.3 Å². The number of hydrogen-bond acceptors (Lipinski definition) is 2. The summed E-state index contributed by atoms with van der Waals surface area (Å²) in [6.07, 6.45) is 1.26. The van der Waals surface area contributed by atoms with Gasteiger partial charge in [0.05, 0.1) is 0 Å². The first-order valence-electron chi connectivity index (χ1n) is 3.03. The Morgan fingerprint density at radius 1 is 1.33 bits per heavy atom. The fourth-order valence-electron chi connectivity index (χ4n) is 0.878. The van der Waals surface area contributed by atoms with Gasteiger partial charge in [-0.3, -0.25) is 0 Å². The van der Waals surface area contributed by atoms with Gasteiger partial charge < -0.3 is 4.74 Å². The van der Waals surface area contributed by atoms with Crippen molar-refractivity contribution in [3.8, 4) is 0 Å². The Balaban J connectivity index is 2.23. The van der Waals surface area contributed by atoms with Gasteiger partial charge in [-0.2, -0.15) is 0 Å². The summed E-state index contributed by atoms with van der Waals surface area (Å²) >= 11 is 0. The summed E-state index contributed by atoms with van der Waals surface area (Å²) in [5, 5.41) is -0.862. The van der Waals surface area contributed by atoms with Gasteiger partial charge in [-0.1, -0.05) is 8.96 Å². The van der Waals surface area contributed by atoms with Gasteiger partial charge in [0.2, 0.25) is 0 Å². The molecule has 9 heavy (non-hydrogen) atoms. The highest BCUT2D eigenvalue weighted by Gasteiger charge is 2.20. The molecule has 0 radical (unpaired) electrons. The topological polar surface area (TPSA) is 12.5 Å². The highest BCUT2D eigenvalue weighted by Crippen LogP contribution is 2.16. The molecule has 54 valence electrons. The fraction of sp³-hybridized carbons (Fsp3) is 1.00. The lowest BCUT2D eigenvalue weighted by Gasteiger charge is -2.21. The molecule has 0 N–H and O–H groups in total. The van der Waals surface area contributed by atoms with E-state index in [4.69, 9.17) is 4.74 Å². The molecule has 0 amide bonds. The van der Waals surface area contributed by atoms with Crippen LogP contribution in [0, 0.1) is 0 Å². The number of ether oxygens (including phenoxy) is 1. The molecule has 0 aliphatic carbocycles. The molecule has 1 aliphatic heterocycles. The third-order valence-corrected chi connectivity index (χ3v) is 1.37. The summed E-state index contributed by atoms with van der Waals surface area (Å²) in [6.45, 7) is 0.467. The van der Waals surface area contributed by atoms with Crippen LogP contribution < -0.4 is 0 Å². The Hall–Kier alpha value is -0.220. The molecule has 1 saturated heterocycles. The predicted molar refractivity (Wildman–Crippen MR) is 27.6 cm³/mol. The van der Waals surface area contributed by atoms with Crippen molar-refractivity contribution in [3.05, 3.63) is 0 Å². The summed E-state index contributed by atoms with van der Waals surface area (Å²) < 4.78 is 28.0. The quantitative estimate of drug-likeness (QED) is 0.509. The maximum absolute atomic E-state index is 11.6. The Labute approximate surface area is 52.3 Å². The van der Waals surface area contributed by atoms with E-state index in [2.05, 4.69) is 0 Å². The lowest BCUT2D eigenvalue weighted by molar-refractivity contribution is -0.273. The maximum atomic E-state index is 11.6. The van der Waals surface area contributed by atoms with Crippen molar-refractivity contribution in [2.75, 3.05) is 6.61 Å². The largest absolute Gasteiger partial charge is 0.358 e. The van der Waals surface area contributed by atoms with E-state index >= 15 is 0 Å². The smallest absolute Gasteiger partial charge is 0.170 e. The second-order valence-electron chi connectivity index (χ2n) is 2.08. The molecular weight excluding hydrogens is 128 g/mol. The first-order valence-corrected chi connectivity index (χ1v) is 3.03. The summed E-state index contributed by atoms with van der Waals surface area (Å²) in [5.41, 5.74) is 0. The monoisotopic (exact) mass is 137 g/mol. The Morgan fingerprint density at radius 2 is 2.11 bits per heavy atom. The summed E-state index contributed by atoms with van der Waals surface area (Å²) in [5.74, 6) is 0. The Morgan fingerprint density at radius 3 is 2.44 bits per heavy atom. The Kier molecular flexibility index (Phi) is 2.36. The lowest BCUT2D eigenvalue weighted by Crippen LogP contribution is -2.28. The van der Waals surface area contributed by atoms with Gasteiger partial charge in [0.25, 0.3) is 0 Å². The van der Waals surface area contributed by atoms with Crippen LogP contribution in [0.15, 0.2) is 0 Å². The van der Waals surface area contributed by atoms with E-state index in [1.165, 1.54) is 0 Å². The van der Waals surface area contributed by atoms with E-state index in [0.29, 0.717) is 13.0 Å². The molecule has 1 aliphatic rings. The molecule has 0 aromatic carbocycles. The standard InChI is InChI=1S/C5H9F2NO/c6-8(7)5-3-1-2-4-9-5/h5H,1-4H2. The zero-order valence-corrected chi connectivity index (χ0v) is 5.02. The second kappa shape index (κ2) is 3.08. The highest BCUT2D eigenvalue weighted by molar-refractivity contribution is 4.55. The van der Waals surface area contributed by atoms with Crippen LogP contribution in [0.3, 0.4) is 0 Å². The molecule has 4 heteroatoms. The van der Waals surface area contributed by atoms with E-state index in [1.54, 1.807) is 0 Å². The SMILES string of the molecule is FN(F)C1CCCCO1. The predicted octanol–water partition coefficient (Wildman–Crippen LogP) is 1.58. The zero-order chi connectivity index (χ0) is 6.69. The number of halogens is 2. The van der Waals surface area contributed by atoms with E-state index < -0.39 is 11.6 Å². The average molecular weight is 137 g/mol. The van der Waals surface area contributed by atoms with Gasteiger partial charge in [0.1, 0.15) is 0 Å². The van der Waals surface area contributed by atoms with E-state index in [1.807, 2.05) is 0 Å². The Bertz CT molecular complexity index is 83.0. The van der Waals surface area contributed by atoms with E-state index in [9.17, 15) is 8.96 Å². The minimum absolute atomic E-state index is 0.451. The molecule has 1 heterocycles. The van der Waals surface area contributed by atoms with Gasteiger partial charge in [-0.15, -0.1) is 0 Å². The molecule has 1 rings (SSSR count). The number of nitrogens with zero attached hydrogens (tertiary/aromatic N) is 1. The first-order chi connectivity index (χ1) is 4.30. The fourth-order valence-corrected chi connectivity index (χ4v) is 0.878. The van der Waals surface area contributed by atoms with Gasteiger partial charge in [0, 0.05) is 12.0 Å². The van der Waals surface area contributed by atoms with Crippen molar-refractivity contribution in [1.29, 1.82) is 0 Å². The minimum Gasteiger partial charge on any atom is -0.358 e. The van der Waals surface area contributed by atoms with Crippen LogP contribution in [-0.4, -0.2) is 18.2 Å². The van der Waals surface area contributed by atoms with Crippen LogP contribution in [0.1, 0.15) is 19.3 Å². The van der Waals surface area contributed by atoms with Gasteiger partial charge in [-0.25, -0.2) is 0 Å². The molecule has 2 nitrogen and oxygen atoms in total. The lowest BCUT2D eigenvalue weighted by atomic mass is 10.2. The van der Waals surface area contributed by atoms with Crippen molar-refractivity contribution in [3.63, 3.8) is 0 Å². The average Bonchev–Trinajstić information content (AvgIpc) is 1.90. The van der Waals surface area contributed by atoms with Crippen LogP contribution in [0.5, 0.6) is 0 Å². The molecule has 0 aromatic heterocycles. The van der Waals surface area contributed by atoms with Crippen LogP contribution in [0.4, 0.5) is 8.96 Å². The van der Waals surface area contributed by atoms with Crippen molar-refractivity contribution in [2.24, 2.45) is 0 Å². The number of rotatable bonds is 1. The minimum atomic E-state index is -0.946. The highest BCUT2D eigenvalue weighted by atomic mass is 19.4. The maximum Gasteiger partial charge on any atom is 0.170 e. The molecule has 0 saturated carbocycles. The van der Waals surface area contributed by atoms with Gasteiger partial charge in [0.15, 0.2) is 6.23 Å². The molecule has 1 atom stereocenters. The normalized spacial score (nSPS) is 29.0. The summed E-state index contributed by atoms with van der Waals surface area (Å²) in [4.78, 5) is 0. The molecule has 0 bridgehead atoms. The van der Waals surface area contributed by atoms with Crippen molar-refractivity contribution in [1.82, 2.24) is 5.34 Å². The molecular formula is C5H9F2NO. The molecule has 0 aromatic rings. The molecule has 0 spiro atoms. The van der Waals surface area contributed by atoms with Crippen LogP contribution in [0.25, 0.3) is 0 Å². The van der Waals surface area contributed by atoms with E-state index in [-0.39, 0.29) is 0 Å². The van der Waals surface area contributed by atoms with Crippen molar-refractivity contribution >= 4 is 0 Å². The molecule has 1 unspecified atom stereocenters. The third kappa shape index (κ3) is 1.87. The van der Waals surface area contributed by atoms with E-state index in [0.717, 1.165) is 12.8 Å². The summed E-state index contributed by atoms with van der Waals surface area (Å²) in [7, 11) is 0. The van der Waals surface area contributed by atoms with Crippen LogP contribution >= 0.6 is 0 Å². The van der Waals surface area contributed by atoms with Crippen LogP contribution in [-0.2, 0) is 4.74 Å². The third-order valence-electron chi connectivity index (χ3n) is 1.37. The number of hydrogen-bond donors (Lipinski definition) is 0. The van der Waals surface area contributed by atoms with Crippen LogP contribution in [0.2, 0.25) is 0 Å². The first kappa shape index (κ1) is 6.89. The van der Waals surface area contributed by atoms with Gasteiger partial charge >= 0.3 is 0 Å².